The Morgan fingerprint density at radius 2 is 2.09 bits per heavy atom. The molecular weight excluding hydrogens is 290 g/mol. The van der Waals surface area contributed by atoms with Crippen LogP contribution in [0.3, 0.4) is 0 Å². The van der Waals surface area contributed by atoms with Gasteiger partial charge in [0.1, 0.15) is 6.04 Å². The van der Waals surface area contributed by atoms with E-state index in [-0.39, 0.29) is 31.1 Å². The molecule has 1 aromatic carbocycles. The van der Waals surface area contributed by atoms with Gasteiger partial charge in [-0.25, -0.2) is 0 Å². The molecular formula is C14H15N3O5. The van der Waals surface area contributed by atoms with Crippen LogP contribution < -0.4 is 25.4 Å². The maximum Gasteiger partial charge on any atom is 0.243 e. The second-order valence-electron chi connectivity index (χ2n) is 4.99. The number of ether oxygens (including phenoxy) is 2. The molecule has 0 bridgehead atoms. The molecule has 0 aromatic heterocycles. The molecule has 8 heteroatoms. The fourth-order valence-corrected chi connectivity index (χ4v) is 2.28. The predicted molar refractivity (Wildman–Crippen MR) is 75.4 cm³/mol. The minimum absolute atomic E-state index is 0.148. The Labute approximate surface area is 126 Å². The van der Waals surface area contributed by atoms with E-state index in [2.05, 4.69) is 16.0 Å². The normalized spacial score (nSPS) is 18.7. The summed E-state index contributed by atoms with van der Waals surface area (Å²) in [7, 11) is 0. The zero-order valence-corrected chi connectivity index (χ0v) is 11.7. The van der Waals surface area contributed by atoms with E-state index in [4.69, 9.17) is 9.47 Å². The number of nitrogens with one attached hydrogen (secondary N) is 3. The summed E-state index contributed by atoms with van der Waals surface area (Å²) in [5.41, 5.74) is 0.553. The van der Waals surface area contributed by atoms with E-state index in [1.165, 1.54) is 0 Å². The summed E-state index contributed by atoms with van der Waals surface area (Å²) in [5, 5.41) is 7.69. The molecule has 2 aliphatic heterocycles. The van der Waals surface area contributed by atoms with Gasteiger partial charge < -0.3 is 25.4 Å². The summed E-state index contributed by atoms with van der Waals surface area (Å²) >= 11 is 0. The van der Waals surface area contributed by atoms with E-state index in [1.807, 2.05) is 0 Å². The molecule has 0 saturated carbocycles. The van der Waals surface area contributed by atoms with Gasteiger partial charge in [-0.1, -0.05) is 0 Å². The molecule has 116 valence electrons. The Balaban J connectivity index is 1.48. The average molecular weight is 305 g/mol. The van der Waals surface area contributed by atoms with Gasteiger partial charge in [0, 0.05) is 18.2 Å². The number of hydrogen-bond acceptors (Lipinski definition) is 5. The number of anilines is 1. The van der Waals surface area contributed by atoms with Crippen LogP contribution in [0.25, 0.3) is 0 Å². The molecule has 22 heavy (non-hydrogen) atoms. The monoisotopic (exact) mass is 305 g/mol. The lowest BCUT2D eigenvalue weighted by Gasteiger charge is -2.11. The number of benzene rings is 1. The van der Waals surface area contributed by atoms with Crippen molar-refractivity contribution in [1.82, 2.24) is 10.6 Å². The van der Waals surface area contributed by atoms with Crippen LogP contribution in [0, 0.1) is 0 Å². The first-order chi connectivity index (χ1) is 10.6. The summed E-state index contributed by atoms with van der Waals surface area (Å²) in [6, 6.07) is 4.49. The predicted octanol–water partition coefficient (Wildman–Crippen LogP) is -0.251. The summed E-state index contributed by atoms with van der Waals surface area (Å²) < 4.78 is 10.4. The molecule has 1 unspecified atom stereocenters. The number of hydrogen-bond donors (Lipinski definition) is 3. The quantitative estimate of drug-likeness (QED) is 0.711. The van der Waals surface area contributed by atoms with Crippen LogP contribution in [-0.2, 0) is 14.4 Å². The molecule has 0 aliphatic carbocycles. The molecule has 1 saturated heterocycles. The van der Waals surface area contributed by atoms with E-state index in [0.717, 1.165) is 0 Å². The number of carbonyl (C=O) groups excluding carboxylic acids is 3. The van der Waals surface area contributed by atoms with Gasteiger partial charge in [-0.3, -0.25) is 14.4 Å². The third kappa shape index (κ3) is 3.11. The van der Waals surface area contributed by atoms with Crippen LogP contribution in [0.1, 0.15) is 12.8 Å². The lowest BCUT2D eigenvalue weighted by atomic mass is 10.2. The average Bonchev–Trinajstić information content (AvgIpc) is 3.13. The van der Waals surface area contributed by atoms with Crippen molar-refractivity contribution in [3.63, 3.8) is 0 Å². The van der Waals surface area contributed by atoms with Gasteiger partial charge in [0.15, 0.2) is 11.5 Å². The second kappa shape index (κ2) is 5.92. The minimum atomic E-state index is -0.550. The minimum Gasteiger partial charge on any atom is -0.454 e. The first-order valence-corrected chi connectivity index (χ1v) is 6.88. The standard InChI is InChI=1S/C14H15N3O5/c18-12-4-2-9(17-12)14(20)15-6-13(19)16-8-1-3-10-11(5-8)22-7-21-10/h1,3,5,9H,2,4,6-7H2,(H,15,20)(H,16,19)(H,17,18). The van der Waals surface area contributed by atoms with E-state index in [1.54, 1.807) is 18.2 Å². The highest BCUT2D eigenvalue weighted by Crippen LogP contribution is 2.34. The first-order valence-electron chi connectivity index (χ1n) is 6.88. The molecule has 1 atom stereocenters. The number of amides is 3. The van der Waals surface area contributed by atoms with E-state index >= 15 is 0 Å². The molecule has 0 spiro atoms. The lowest BCUT2D eigenvalue weighted by molar-refractivity contribution is -0.127. The van der Waals surface area contributed by atoms with Crippen LogP contribution >= 0.6 is 0 Å². The topological polar surface area (TPSA) is 106 Å². The maximum atomic E-state index is 11.8. The number of fused-ring (bicyclic) bond motifs is 1. The highest BCUT2D eigenvalue weighted by molar-refractivity contribution is 5.97. The van der Waals surface area contributed by atoms with E-state index in [0.29, 0.717) is 30.0 Å². The van der Waals surface area contributed by atoms with Gasteiger partial charge >= 0.3 is 0 Å². The third-order valence-electron chi connectivity index (χ3n) is 3.39. The lowest BCUT2D eigenvalue weighted by Crippen LogP contribution is -2.44. The Bertz CT molecular complexity index is 631. The van der Waals surface area contributed by atoms with Gasteiger partial charge in [0.25, 0.3) is 0 Å². The number of rotatable bonds is 4. The molecule has 1 fully saturated rings. The van der Waals surface area contributed by atoms with Crippen LogP contribution in [0.2, 0.25) is 0 Å². The summed E-state index contributed by atoms with van der Waals surface area (Å²) in [4.78, 5) is 34.6. The number of carbonyl (C=O) groups is 3. The Kier molecular flexibility index (Phi) is 3.82. The molecule has 8 nitrogen and oxygen atoms in total. The maximum absolute atomic E-state index is 11.8. The Morgan fingerprint density at radius 1 is 1.27 bits per heavy atom. The van der Waals surface area contributed by atoms with Crippen LogP contribution in [0.4, 0.5) is 5.69 Å². The smallest absolute Gasteiger partial charge is 0.243 e. The molecule has 0 radical (unpaired) electrons. The largest absolute Gasteiger partial charge is 0.454 e. The van der Waals surface area contributed by atoms with Crippen molar-refractivity contribution in [2.45, 2.75) is 18.9 Å². The fourth-order valence-electron chi connectivity index (χ4n) is 2.28. The van der Waals surface area contributed by atoms with Gasteiger partial charge in [-0.15, -0.1) is 0 Å². The van der Waals surface area contributed by atoms with Gasteiger partial charge in [0.2, 0.25) is 24.5 Å². The first kappa shape index (κ1) is 14.2. The third-order valence-corrected chi connectivity index (χ3v) is 3.39. The molecule has 3 amide bonds. The molecule has 2 heterocycles. The Morgan fingerprint density at radius 3 is 2.86 bits per heavy atom. The van der Waals surface area contributed by atoms with Crippen molar-refractivity contribution in [3.8, 4) is 11.5 Å². The van der Waals surface area contributed by atoms with Crippen molar-refractivity contribution in [2.75, 3.05) is 18.7 Å². The fraction of sp³-hybridized carbons (Fsp3) is 0.357. The van der Waals surface area contributed by atoms with Crippen LogP contribution in [0.5, 0.6) is 11.5 Å². The van der Waals surface area contributed by atoms with Crippen molar-refractivity contribution in [1.29, 1.82) is 0 Å². The van der Waals surface area contributed by atoms with E-state index in [9.17, 15) is 14.4 Å². The molecule has 3 N–H and O–H groups in total. The Hall–Kier alpha value is -2.77. The van der Waals surface area contributed by atoms with E-state index < -0.39 is 6.04 Å². The van der Waals surface area contributed by atoms with Crippen molar-refractivity contribution < 1.29 is 23.9 Å². The van der Waals surface area contributed by atoms with Gasteiger partial charge in [-0.05, 0) is 18.6 Å². The zero-order chi connectivity index (χ0) is 15.5. The van der Waals surface area contributed by atoms with Crippen molar-refractivity contribution >= 4 is 23.4 Å². The van der Waals surface area contributed by atoms with Crippen molar-refractivity contribution in [3.05, 3.63) is 18.2 Å². The SMILES string of the molecule is O=C(CNC(=O)C1CCC(=O)N1)Nc1ccc2c(c1)OCO2. The summed E-state index contributed by atoms with van der Waals surface area (Å²) in [6.45, 7) is -0.00442. The van der Waals surface area contributed by atoms with Gasteiger partial charge in [-0.2, -0.15) is 0 Å². The molecule has 3 rings (SSSR count). The summed E-state index contributed by atoms with van der Waals surface area (Å²) in [5.74, 6) is 0.326. The molecule has 1 aromatic rings. The highest BCUT2D eigenvalue weighted by atomic mass is 16.7. The highest BCUT2D eigenvalue weighted by Gasteiger charge is 2.27. The van der Waals surface area contributed by atoms with Gasteiger partial charge in [0.05, 0.1) is 6.54 Å². The van der Waals surface area contributed by atoms with Crippen LogP contribution in [-0.4, -0.2) is 37.1 Å². The molecule has 2 aliphatic rings. The zero-order valence-electron chi connectivity index (χ0n) is 11.7. The summed E-state index contributed by atoms with van der Waals surface area (Å²) in [6.07, 6.45) is 0.788. The van der Waals surface area contributed by atoms with Crippen molar-refractivity contribution in [2.24, 2.45) is 0 Å². The second-order valence-corrected chi connectivity index (χ2v) is 4.99. The van der Waals surface area contributed by atoms with Crippen LogP contribution in [0.15, 0.2) is 18.2 Å².